The Bertz CT molecular complexity index is 485. The van der Waals surface area contributed by atoms with Crippen molar-refractivity contribution in [3.05, 3.63) is 42.4 Å². The Morgan fingerprint density at radius 3 is 2.69 bits per heavy atom. The molecule has 16 heavy (non-hydrogen) atoms. The molecule has 0 unspecified atom stereocenters. The number of Topliss-reactive ketones (excluding diaryl/α,β-unsaturated/α-hetero) is 1. The number of allylic oxidation sites excluding steroid dienone is 1. The summed E-state index contributed by atoms with van der Waals surface area (Å²) in [4.78, 5) is 22.0. The second kappa shape index (κ2) is 5.05. The number of carbonyl (C=O) groups excluding carboxylic acids is 1. The van der Waals surface area contributed by atoms with Crippen LogP contribution < -0.4 is 4.57 Å². The Morgan fingerprint density at radius 2 is 2.19 bits per heavy atom. The number of carboxylic acid groups (broad SMARTS) is 1. The summed E-state index contributed by atoms with van der Waals surface area (Å²) in [6.45, 7) is 4.63. The lowest BCUT2D eigenvalue weighted by molar-refractivity contribution is -0.687. The minimum atomic E-state index is -0.968. The van der Waals surface area contributed by atoms with E-state index in [9.17, 15) is 9.59 Å². The van der Waals surface area contributed by atoms with Crippen molar-refractivity contribution in [2.45, 2.75) is 13.5 Å². The van der Waals surface area contributed by atoms with E-state index in [1.165, 1.54) is 11.5 Å². The third-order valence-electron chi connectivity index (χ3n) is 2.03. The van der Waals surface area contributed by atoms with Gasteiger partial charge in [-0.25, -0.2) is 4.79 Å². The molecule has 4 heteroatoms. The molecule has 0 bridgehead atoms. The topological polar surface area (TPSA) is 58.2 Å². The van der Waals surface area contributed by atoms with E-state index < -0.39 is 5.97 Å². The maximum atomic E-state index is 11.3. The van der Waals surface area contributed by atoms with Crippen LogP contribution in [-0.4, -0.2) is 16.9 Å². The quantitative estimate of drug-likeness (QED) is 0.462. The van der Waals surface area contributed by atoms with Crippen LogP contribution in [0.2, 0.25) is 0 Å². The van der Waals surface area contributed by atoms with Crippen molar-refractivity contribution in [1.29, 1.82) is 0 Å². The SMILES string of the molecule is C=C=C(C(C)=O)c1cccc[n+]1CC(=O)O. The van der Waals surface area contributed by atoms with Gasteiger partial charge in [0.1, 0.15) is 5.57 Å². The molecule has 1 N–H and O–H groups in total. The van der Waals surface area contributed by atoms with Crippen LogP contribution in [-0.2, 0) is 16.1 Å². The first-order valence-electron chi connectivity index (χ1n) is 4.68. The number of aliphatic carboxylic acids is 1. The standard InChI is InChI=1S/C12H11NO3/c1-3-10(9(2)14)11-6-4-5-7-13(11)8-12(15)16/h4-7H,1,8H2,2H3/p+1. The molecule has 0 spiro atoms. The fourth-order valence-corrected chi connectivity index (χ4v) is 1.38. The molecule has 1 aromatic heterocycles. The highest BCUT2D eigenvalue weighted by Crippen LogP contribution is 2.08. The maximum Gasteiger partial charge on any atom is 0.370 e. The largest absolute Gasteiger partial charge is 0.477 e. The highest BCUT2D eigenvalue weighted by Gasteiger charge is 2.19. The van der Waals surface area contributed by atoms with E-state index in [1.54, 1.807) is 24.4 Å². The van der Waals surface area contributed by atoms with Gasteiger partial charge in [0.2, 0.25) is 12.2 Å². The van der Waals surface area contributed by atoms with Gasteiger partial charge in [0.05, 0.1) is 0 Å². The number of hydrogen-bond donors (Lipinski definition) is 1. The van der Waals surface area contributed by atoms with E-state index in [0.29, 0.717) is 11.3 Å². The van der Waals surface area contributed by atoms with Gasteiger partial charge in [-0.2, -0.15) is 4.57 Å². The molecular weight excluding hydrogens is 206 g/mol. The van der Waals surface area contributed by atoms with Crippen LogP contribution >= 0.6 is 0 Å². The third-order valence-corrected chi connectivity index (χ3v) is 2.03. The first kappa shape index (κ1) is 11.9. The van der Waals surface area contributed by atoms with Crippen molar-refractivity contribution in [3.63, 3.8) is 0 Å². The fraction of sp³-hybridized carbons (Fsp3) is 0.167. The fourth-order valence-electron chi connectivity index (χ4n) is 1.38. The molecule has 1 rings (SSSR count). The van der Waals surface area contributed by atoms with E-state index >= 15 is 0 Å². The maximum absolute atomic E-state index is 11.3. The Hall–Kier alpha value is -2.19. The second-order valence-electron chi connectivity index (χ2n) is 3.22. The van der Waals surface area contributed by atoms with Crippen LogP contribution in [0.1, 0.15) is 12.6 Å². The summed E-state index contributed by atoms with van der Waals surface area (Å²) in [5.41, 5.74) is 3.34. The lowest BCUT2D eigenvalue weighted by Gasteiger charge is -2.01. The number of hydrogen-bond acceptors (Lipinski definition) is 2. The predicted octanol–water partition coefficient (Wildman–Crippen LogP) is 0.816. The molecule has 0 aliphatic rings. The minimum absolute atomic E-state index is 0.194. The van der Waals surface area contributed by atoms with E-state index in [0.717, 1.165) is 0 Å². The summed E-state index contributed by atoms with van der Waals surface area (Å²) in [5, 5.41) is 8.73. The van der Waals surface area contributed by atoms with Crippen molar-refractivity contribution < 1.29 is 19.3 Å². The number of pyridine rings is 1. The van der Waals surface area contributed by atoms with Crippen LogP contribution in [0.5, 0.6) is 0 Å². The van der Waals surface area contributed by atoms with Gasteiger partial charge in [0, 0.05) is 19.1 Å². The van der Waals surface area contributed by atoms with Crippen LogP contribution in [0, 0.1) is 0 Å². The first-order valence-corrected chi connectivity index (χ1v) is 4.68. The van der Waals surface area contributed by atoms with Gasteiger partial charge in [-0.3, -0.25) is 4.79 Å². The summed E-state index contributed by atoms with van der Waals surface area (Å²) in [7, 11) is 0. The van der Waals surface area contributed by atoms with Gasteiger partial charge in [-0.05, 0) is 6.07 Å². The molecule has 0 aliphatic carbocycles. The predicted molar refractivity (Wildman–Crippen MR) is 57.5 cm³/mol. The summed E-state index contributed by atoms with van der Waals surface area (Å²) in [5.74, 6) is -1.16. The summed E-state index contributed by atoms with van der Waals surface area (Å²) in [6.07, 6.45) is 1.60. The van der Waals surface area contributed by atoms with Crippen LogP contribution in [0.25, 0.3) is 5.57 Å². The van der Waals surface area contributed by atoms with Gasteiger partial charge in [0.15, 0.2) is 12.0 Å². The van der Waals surface area contributed by atoms with Crippen LogP contribution in [0.3, 0.4) is 0 Å². The Labute approximate surface area is 93.2 Å². The Balaban J connectivity index is 3.27. The highest BCUT2D eigenvalue weighted by molar-refractivity contribution is 6.18. The summed E-state index contributed by atoms with van der Waals surface area (Å²) in [6, 6.07) is 5.10. The van der Waals surface area contributed by atoms with Gasteiger partial charge in [-0.1, -0.05) is 6.58 Å². The average molecular weight is 218 g/mol. The van der Waals surface area contributed by atoms with E-state index in [1.807, 2.05) is 0 Å². The van der Waals surface area contributed by atoms with Gasteiger partial charge < -0.3 is 5.11 Å². The molecule has 4 nitrogen and oxygen atoms in total. The molecule has 1 heterocycles. The van der Waals surface area contributed by atoms with Crippen molar-refractivity contribution >= 4 is 17.3 Å². The van der Waals surface area contributed by atoms with Gasteiger partial charge >= 0.3 is 5.97 Å². The van der Waals surface area contributed by atoms with Crippen LogP contribution in [0.15, 0.2) is 36.7 Å². The molecule has 1 aromatic rings. The lowest BCUT2D eigenvalue weighted by atomic mass is 10.1. The number of ketones is 1. The summed E-state index contributed by atoms with van der Waals surface area (Å²) >= 11 is 0. The van der Waals surface area contributed by atoms with E-state index in [-0.39, 0.29) is 12.3 Å². The Morgan fingerprint density at radius 1 is 1.50 bits per heavy atom. The zero-order valence-corrected chi connectivity index (χ0v) is 8.93. The number of aromatic nitrogens is 1. The van der Waals surface area contributed by atoms with Crippen molar-refractivity contribution in [2.75, 3.05) is 0 Å². The number of nitrogens with zero attached hydrogens (tertiary/aromatic N) is 1. The molecule has 82 valence electrons. The molecule has 0 saturated heterocycles. The van der Waals surface area contributed by atoms with Gasteiger partial charge in [0.25, 0.3) is 0 Å². The lowest BCUT2D eigenvalue weighted by Crippen LogP contribution is -2.41. The minimum Gasteiger partial charge on any atom is -0.477 e. The number of carbonyl (C=O) groups is 2. The smallest absolute Gasteiger partial charge is 0.370 e. The number of rotatable bonds is 4. The first-order chi connectivity index (χ1) is 7.56. The van der Waals surface area contributed by atoms with Crippen molar-refractivity contribution in [3.8, 4) is 0 Å². The van der Waals surface area contributed by atoms with E-state index in [4.69, 9.17) is 5.11 Å². The van der Waals surface area contributed by atoms with Crippen molar-refractivity contribution in [2.24, 2.45) is 0 Å². The Kier molecular flexibility index (Phi) is 3.75. The monoisotopic (exact) mass is 218 g/mol. The molecule has 0 aromatic carbocycles. The average Bonchev–Trinajstić information content (AvgIpc) is 2.20. The van der Waals surface area contributed by atoms with Crippen LogP contribution in [0.4, 0.5) is 0 Å². The molecule has 0 atom stereocenters. The van der Waals surface area contributed by atoms with Gasteiger partial charge in [-0.15, -0.1) is 5.73 Å². The molecule has 0 fully saturated rings. The highest BCUT2D eigenvalue weighted by atomic mass is 16.4. The second-order valence-corrected chi connectivity index (χ2v) is 3.22. The summed E-state index contributed by atoms with van der Waals surface area (Å²) < 4.78 is 1.47. The zero-order chi connectivity index (χ0) is 12.1. The molecule has 0 amide bonds. The number of carboxylic acids is 1. The molecular formula is C12H12NO3+. The molecule has 0 aliphatic heterocycles. The molecule has 0 saturated carbocycles. The third kappa shape index (κ3) is 2.65. The molecule has 0 radical (unpaired) electrons. The van der Waals surface area contributed by atoms with Crippen molar-refractivity contribution in [1.82, 2.24) is 0 Å². The van der Waals surface area contributed by atoms with E-state index in [2.05, 4.69) is 12.3 Å². The normalized spacial score (nSPS) is 9.31. The zero-order valence-electron chi connectivity index (χ0n) is 8.93.